The number of methoxy groups -OCH3 is 1. The molecule has 0 radical (unpaired) electrons. The Kier molecular flexibility index (Phi) is 4.35. The summed E-state index contributed by atoms with van der Waals surface area (Å²) >= 11 is 2.97. The van der Waals surface area contributed by atoms with Gasteiger partial charge in [0.1, 0.15) is 16.0 Å². The van der Waals surface area contributed by atoms with Crippen LogP contribution in [0.15, 0.2) is 24.3 Å². The minimum Gasteiger partial charge on any atom is -0.497 e. The Morgan fingerprint density at radius 1 is 1.31 bits per heavy atom. The number of aliphatic hydroxyl groups is 1. The topological polar surface area (TPSA) is 63.6 Å². The second-order valence-corrected chi connectivity index (χ2v) is 7.16. The predicted molar refractivity (Wildman–Crippen MR) is 65.5 cm³/mol. The molecule has 0 fully saturated rings. The summed E-state index contributed by atoms with van der Waals surface area (Å²) in [5, 5.41) is 9.82. The Morgan fingerprint density at radius 3 is 2.19 bits per heavy atom. The van der Waals surface area contributed by atoms with E-state index in [4.69, 9.17) is 4.74 Å². The summed E-state index contributed by atoms with van der Waals surface area (Å²) in [5.41, 5.74) is 0.521. The lowest BCUT2D eigenvalue weighted by atomic mass is 10.1. The van der Waals surface area contributed by atoms with Crippen LogP contribution in [-0.2, 0) is 9.84 Å². The van der Waals surface area contributed by atoms with Crippen LogP contribution in [-0.4, -0.2) is 31.0 Å². The van der Waals surface area contributed by atoms with Crippen LogP contribution >= 0.6 is 15.9 Å². The van der Waals surface area contributed by atoms with E-state index in [0.717, 1.165) is 6.26 Å². The van der Waals surface area contributed by atoms with Crippen molar-refractivity contribution in [1.82, 2.24) is 0 Å². The van der Waals surface area contributed by atoms with Crippen LogP contribution in [0.4, 0.5) is 0 Å². The van der Waals surface area contributed by atoms with Crippen molar-refractivity contribution < 1.29 is 18.3 Å². The second-order valence-electron chi connectivity index (χ2n) is 3.40. The van der Waals surface area contributed by atoms with E-state index in [9.17, 15) is 13.5 Å². The zero-order valence-electron chi connectivity index (χ0n) is 8.92. The highest BCUT2D eigenvalue weighted by atomic mass is 79.9. The number of ether oxygens (including phenoxy) is 1. The molecule has 16 heavy (non-hydrogen) atoms. The Hall–Kier alpha value is -0.590. The highest BCUT2D eigenvalue weighted by Crippen LogP contribution is 2.27. The van der Waals surface area contributed by atoms with Gasteiger partial charge in [-0.3, -0.25) is 0 Å². The van der Waals surface area contributed by atoms with Gasteiger partial charge in [-0.2, -0.15) is 0 Å². The lowest BCUT2D eigenvalue weighted by Crippen LogP contribution is -2.21. The third-order valence-electron chi connectivity index (χ3n) is 2.11. The Labute approximate surface area is 103 Å². The maximum atomic E-state index is 11.2. The lowest BCUT2D eigenvalue weighted by Gasteiger charge is -2.16. The Bertz CT molecular complexity index is 440. The molecule has 90 valence electrons. The van der Waals surface area contributed by atoms with Gasteiger partial charge in [-0.05, 0) is 17.7 Å². The van der Waals surface area contributed by atoms with Gasteiger partial charge >= 0.3 is 0 Å². The number of hydrogen-bond donors (Lipinski definition) is 1. The summed E-state index contributed by atoms with van der Waals surface area (Å²) in [7, 11) is -1.79. The number of sulfone groups is 1. The van der Waals surface area contributed by atoms with E-state index in [0.29, 0.717) is 11.3 Å². The average Bonchev–Trinajstić information content (AvgIpc) is 2.26. The average molecular weight is 309 g/mol. The van der Waals surface area contributed by atoms with E-state index >= 15 is 0 Å². The first kappa shape index (κ1) is 13.5. The first-order valence-corrected chi connectivity index (χ1v) is 7.38. The Morgan fingerprint density at radius 2 is 1.81 bits per heavy atom. The fourth-order valence-corrected chi connectivity index (χ4v) is 2.12. The molecule has 0 amide bonds. The molecule has 0 bridgehead atoms. The highest BCUT2D eigenvalue weighted by molar-refractivity contribution is 9.11. The number of alkyl halides is 1. The van der Waals surface area contributed by atoms with Crippen LogP contribution in [0, 0.1) is 0 Å². The molecule has 0 aliphatic heterocycles. The molecule has 1 aromatic rings. The molecule has 1 N–H and O–H groups in total. The maximum absolute atomic E-state index is 11.2. The fraction of sp³-hybridized carbons (Fsp3) is 0.400. The predicted octanol–water partition coefficient (Wildman–Crippen LogP) is 1.49. The molecule has 0 saturated heterocycles. The van der Waals surface area contributed by atoms with Gasteiger partial charge < -0.3 is 9.84 Å². The summed E-state index contributed by atoms with van der Waals surface area (Å²) in [6, 6.07) is 6.59. The van der Waals surface area contributed by atoms with E-state index in [-0.39, 0.29) is 0 Å². The highest BCUT2D eigenvalue weighted by Gasteiger charge is 2.27. The van der Waals surface area contributed by atoms with Gasteiger partial charge in [0, 0.05) is 6.26 Å². The van der Waals surface area contributed by atoms with Gasteiger partial charge in [0.15, 0.2) is 9.84 Å². The molecule has 0 spiro atoms. The molecule has 6 heteroatoms. The van der Waals surface area contributed by atoms with Gasteiger partial charge in [0.2, 0.25) is 0 Å². The third-order valence-corrected chi connectivity index (χ3v) is 5.73. The van der Waals surface area contributed by atoms with Gasteiger partial charge in [-0.15, -0.1) is 0 Å². The SMILES string of the molecule is COc1ccc([C@@H](O)[C@@H](Br)S(C)(=O)=O)cc1. The standard InChI is InChI=1S/C10H13BrO4S/c1-15-8-5-3-7(4-6-8)9(12)10(11)16(2,13)14/h3-6,9-10,12H,1-2H3/t9-,10+/m1/s1. The number of halogens is 1. The van der Waals surface area contributed by atoms with E-state index in [1.54, 1.807) is 24.3 Å². The van der Waals surface area contributed by atoms with Crippen molar-refractivity contribution in [3.63, 3.8) is 0 Å². The molecule has 4 nitrogen and oxygen atoms in total. The van der Waals surface area contributed by atoms with Crippen molar-refractivity contribution >= 4 is 25.8 Å². The van der Waals surface area contributed by atoms with Gasteiger partial charge in [-0.1, -0.05) is 28.1 Å². The first-order valence-electron chi connectivity index (χ1n) is 4.51. The van der Waals surface area contributed by atoms with Crippen molar-refractivity contribution in [2.75, 3.05) is 13.4 Å². The second kappa shape index (κ2) is 5.16. The largest absolute Gasteiger partial charge is 0.497 e. The van der Waals surface area contributed by atoms with E-state index in [1.807, 2.05) is 0 Å². The molecule has 0 aliphatic carbocycles. The van der Waals surface area contributed by atoms with Crippen molar-refractivity contribution in [1.29, 1.82) is 0 Å². The molecule has 0 unspecified atom stereocenters. The molecule has 1 aromatic carbocycles. The van der Waals surface area contributed by atoms with Crippen molar-refractivity contribution in [2.45, 2.75) is 10.3 Å². The smallest absolute Gasteiger partial charge is 0.163 e. The van der Waals surface area contributed by atoms with Crippen molar-refractivity contribution in [3.05, 3.63) is 29.8 Å². The lowest BCUT2D eigenvalue weighted by molar-refractivity contribution is 0.195. The summed E-state index contributed by atoms with van der Waals surface area (Å²) in [6.07, 6.45) is -0.0278. The zero-order valence-corrected chi connectivity index (χ0v) is 11.3. The van der Waals surface area contributed by atoms with Crippen LogP contribution < -0.4 is 4.74 Å². The van der Waals surface area contributed by atoms with Gasteiger partial charge in [0.25, 0.3) is 0 Å². The summed E-state index contributed by atoms with van der Waals surface area (Å²) in [4.78, 5) is 0. The monoisotopic (exact) mass is 308 g/mol. The molecular weight excluding hydrogens is 296 g/mol. The molecule has 2 atom stereocenters. The van der Waals surface area contributed by atoms with Crippen molar-refractivity contribution in [2.24, 2.45) is 0 Å². The van der Waals surface area contributed by atoms with Crippen LogP contribution in [0.5, 0.6) is 5.75 Å². The normalized spacial score (nSPS) is 15.5. The van der Waals surface area contributed by atoms with E-state index < -0.39 is 20.1 Å². The van der Waals surface area contributed by atoms with Crippen LogP contribution in [0.2, 0.25) is 0 Å². The quantitative estimate of drug-likeness (QED) is 0.856. The van der Waals surface area contributed by atoms with Crippen LogP contribution in [0.25, 0.3) is 0 Å². The fourth-order valence-electron chi connectivity index (χ4n) is 1.19. The minimum atomic E-state index is -3.33. The minimum absolute atomic E-state index is 0.521. The van der Waals surface area contributed by atoms with E-state index in [2.05, 4.69) is 15.9 Å². The molecular formula is C10H13BrO4S. The van der Waals surface area contributed by atoms with Crippen molar-refractivity contribution in [3.8, 4) is 5.75 Å². The molecule has 0 aliphatic rings. The molecule has 0 aromatic heterocycles. The van der Waals surface area contributed by atoms with Crippen LogP contribution in [0.3, 0.4) is 0 Å². The van der Waals surface area contributed by atoms with Gasteiger partial charge in [-0.25, -0.2) is 8.42 Å². The maximum Gasteiger partial charge on any atom is 0.163 e. The third kappa shape index (κ3) is 3.20. The summed E-state index contributed by atoms with van der Waals surface area (Å²) in [5.74, 6) is 0.654. The van der Waals surface area contributed by atoms with Crippen LogP contribution in [0.1, 0.15) is 11.7 Å². The molecule has 1 rings (SSSR count). The van der Waals surface area contributed by atoms with E-state index in [1.165, 1.54) is 7.11 Å². The first-order chi connectivity index (χ1) is 7.36. The Balaban J connectivity index is 2.92. The summed E-state index contributed by atoms with van der Waals surface area (Å²) in [6.45, 7) is 0. The number of benzene rings is 1. The zero-order chi connectivity index (χ0) is 12.3. The number of hydrogen-bond acceptors (Lipinski definition) is 4. The molecule has 0 heterocycles. The molecule has 0 saturated carbocycles. The number of aliphatic hydroxyl groups excluding tert-OH is 1. The summed E-state index contributed by atoms with van der Waals surface area (Å²) < 4.78 is 26.4. The number of rotatable bonds is 4. The van der Waals surface area contributed by atoms with Gasteiger partial charge in [0.05, 0.1) is 7.11 Å².